The fraction of sp³-hybridized carbons (Fsp3) is 0.250. The van der Waals surface area contributed by atoms with E-state index < -0.39 is 0 Å². The summed E-state index contributed by atoms with van der Waals surface area (Å²) in [6, 6.07) is 8.61. The predicted molar refractivity (Wildman–Crippen MR) is 97.8 cm³/mol. The summed E-state index contributed by atoms with van der Waals surface area (Å²) in [5.41, 5.74) is 4.06. The van der Waals surface area contributed by atoms with E-state index in [1.807, 2.05) is 19.2 Å². The molecule has 0 aliphatic heterocycles. The number of halogens is 1. The van der Waals surface area contributed by atoms with Gasteiger partial charge in [-0.2, -0.15) is 5.10 Å². The molecule has 1 aliphatic carbocycles. The minimum atomic E-state index is -0.276. The zero-order chi connectivity index (χ0) is 17.8. The van der Waals surface area contributed by atoms with Crippen LogP contribution in [0.1, 0.15) is 31.5 Å². The molecule has 130 valence electrons. The van der Waals surface area contributed by atoms with Crippen LogP contribution in [0.5, 0.6) is 0 Å². The maximum absolute atomic E-state index is 13.3. The first-order valence-electron chi connectivity index (χ1n) is 8.84. The second kappa shape index (κ2) is 5.49. The second-order valence-electron chi connectivity index (χ2n) is 6.73. The van der Waals surface area contributed by atoms with Gasteiger partial charge in [-0.15, -0.1) is 0 Å². The van der Waals surface area contributed by atoms with Gasteiger partial charge < -0.3 is 4.57 Å². The van der Waals surface area contributed by atoms with E-state index in [9.17, 15) is 9.18 Å². The van der Waals surface area contributed by atoms with E-state index in [1.165, 1.54) is 12.1 Å². The highest BCUT2D eigenvalue weighted by Gasteiger charge is 2.25. The first kappa shape index (κ1) is 15.3. The smallest absolute Gasteiger partial charge is 0.261 e. The molecule has 0 saturated heterocycles. The summed E-state index contributed by atoms with van der Waals surface area (Å²) < 4.78 is 16.8. The van der Waals surface area contributed by atoms with Crippen LogP contribution in [0.25, 0.3) is 27.7 Å². The number of fused-ring (bicyclic) bond motifs is 3. The quantitative estimate of drug-likeness (QED) is 0.567. The number of aromatic nitrogens is 4. The van der Waals surface area contributed by atoms with Crippen LogP contribution in [0, 0.1) is 5.82 Å². The Bertz CT molecular complexity index is 1200. The van der Waals surface area contributed by atoms with Crippen molar-refractivity contribution in [1.82, 2.24) is 19.2 Å². The van der Waals surface area contributed by atoms with Crippen molar-refractivity contribution < 1.29 is 4.39 Å². The highest BCUT2D eigenvalue weighted by molar-refractivity contribution is 5.86. The molecule has 6 heteroatoms. The summed E-state index contributed by atoms with van der Waals surface area (Å²) >= 11 is 0. The van der Waals surface area contributed by atoms with Crippen molar-refractivity contribution in [3.63, 3.8) is 0 Å². The Kier molecular flexibility index (Phi) is 3.22. The van der Waals surface area contributed by atoms with Gasteiger partial charge in [-0.25, -0.2) is 13.9 Å². The van der Waals surface area contributed by atoms with Crippen molar-refractivity contribution in [3.05, 3.63) is 64.6 Å². The summed E-state index contributed by atoms with van der Waals surface area (Å²) in [7, 11) is 0. The van der Waals surface area contributed by atoms with Crippen molar-refractivity contribution in [2.45, 2.75) is 32.2 Å². The molecule has 3 heterocycles. The van der Waals surface area contributed by atoms with Gasteiger partial charge in [0, 0.05) is 24.0 Å². The highest BCUT2D eigenvalue weighted by Crippen LogP contribution is 2.34. The maximum Gasteiger partial charge on any atom is 0.261 e. The Morgan fingerprint density at radius 2 is 1.96 bits per heavy atom. The van der Waals surface area contributed by atoms with Crippen molar-refractivity contribution in [2.24, 2.45) is 0 Å². The van der Waals surface area contributed by atoms with E-state index in [0.29, 0.717) is 17.1 Å². The molecule has 0 amide bonds. The topological polar surface area (TPSA) is 52.2 Å². The molecule has 3 aromatic heterocycles. The lowest BCUT2D eigenvalue weighted by atomic mass is 10.0. The average molecular weight is 348 g/mol. The standard InChI is InChI=1S/C20H17FN4O/c1-2-16-18(12-3-5-13(21)6-4-12)19-22-11-15-17(25(19)23-16)9-10-24(20(15)26)14-7-8-14/h3-6,9-11,14H,2,7-8H2,1H3. The molecule has 0 bridgehead atoms. The number of nitrogens with zero attached hydrogens (tertiary/aromatic N) is 4. The molecular weight excluding hydrogens is 331 g/mol. The Morgan fingerprint density at radius 1 is 1.19 bits per heavy atom. The number of benzene rings is 1. The van der Waals surface area contributed by atoms with Crippen molar-refractivity contribution in [3.8, 4) is 11.1 Å². The molecule has 5 nitrogen and oxygen atoms in total. The highest BCUT2D eigenvalue weighted by atomic mass is 19.1. The lowest BCUT2D eigenvalue weighted by Gasteiger charge is -2.06. The zero-order valence-corrected chi connectivity index (χ0v) is 14.3. The van der Waals surface area contributed by atoms with Crippen LogP contribution < -0.4 is 5.56 Å². The van der Waals surface area contributed by atoms with Crippen LogP contribution in [0.3, 0.4) is 0 Å². The van der Waals surface area contributed by atoms with Crippen LogP contribution in [0.4, 0.5) is 4.39 Å². The van der Waals surface area contributed by atoms with Crippen molar-refractivity contribution >= 4 is 16.6 Å². The zero-order valence-electron chi connectivity index (χ0n) is 14.3. The molecule has 26 heavy (non-hydrogen) atoms. The fourth-order valence-corrected chi connectivity index (χ4v) is 3.53. The molecule has 5 rings (SSSR count). The fourth-order valence-electron chi connectivity index (χ4n) is 3.53. The van der Waals surface area contributed by atoms with Gasteiger partial charge in [-0.1, -0.05) is 19.1 Å². The van der Waals surface area contributed by atoms with Crippen LogP contribution in [-0.2, 0) is 6.42 Å². The Morgan fingerprint density at radius 3 is 2.65 bits per heavy atom. The molecule has 0 unspecified atom stereocenters. The lowest BCUT2D eigenvalue weighted by molar-refractivity contribution is 0.628. The van der Waals surface area contributed by atoms with Crippen LogP contribution in [0.15, 0.2) is 47.5 Å². The van der Waals surface area contributed by atoms with Crippen molar-refractivity contribution in [2.75, 3.05) is 0 Å². The summed E-state index contributed by atoms with van der Waals surface area (Å²) in [6.45, 7) is 2.02. The van der Waals surface area contributed by atoms with Gasteiger partial charge in [0.25, 0.3) is 5.56 Å². The van der Waals surface area contributed by atoms with Gasteiger partial charge in [0.1, 0.15) is 5.82 Å². The molecular formula is C20H17FN4O. The van der Waals surface area contributed by atoms with Gasteiger partial charge in [-0.05, 0) is 43.0 Å². The third-order valence-corrected chi connectivity index (χ3v) is 5.02. The summed E-state index contributed by atoms with van der Waals surface area (Å²) in [4.78, 5) is 17.3. The molecule has 0 radical (unpaired) electrons. The largest absolute Gasteiger partial charge is 0.312 e. The number of rotatable bonds is 3. The monoisotopic (exact) mass is 348 g/mol. The number of hydrogen-bond acceptors (Lipinski definition) is 3. The first-order chi connectivity index (χ1) is 12.7. The molecule has 1 aliphatic rings. The minimum absolute atomic E-state index is 0.0173. The summed E-state index contributed by atoms with van der Waals surface area (Å²) in [5.74, 6) is -0.276. The third-order valence-electron chi connectivity index (χ3n) is 5.02. The molecule has 1 fully saturated rings. The number of hydrogen-bond donors (Lipinski definition) is 0. The molecule has 1 saturated carbocycles. The molecule has 0 atom stereocenters. The Labute approximate surface area is 148 Å². The van der Waals surface area contributed by atoms with E-state index in [1.54, 1.807) is 27.4 Å². The molecule has 1 aromatic carbocycles. The predicted octanol–water partition coefficient (Wildman–Crippen LogP) is 3.75. The summed E-state index contributed by atoms with van der Waals surface area (Å²) in [6.07, 6.45) is 6.32. The molecule has 4 aromatic rings. The lowest BCUT2D eigenvalue weighted by Crippen LogP contribution is -2.19. The van der Waals surface area contributed by atoms with E-state index in [0.717, 1.165) is 41.6 Å². The normalized spacial score (nSPS) is 14.4. The third kappa shape index (κ3) is 2.18. The van der Waals surface area contributed by atoms with E-state index in [-0.39, 0.29) is 11.4 Å². The SMILES string of the molecule is CCc1nn2c(ncc3c(=O)n(C4CC4)ccc32)c1-c1ccc(F)cc1. The maximum atomic E-state index is 13.3. The van der Waals surface area contributed by atoms with Gasteiger partial charge in [-0.3, -0.25) is 4.79 Å². The van der Waals surface area contributed by atoms with Crippen LogP contribution in [0.2, 0.25) is 0 Å². The Balaban J connectivity index is 1.81. The number of aryl methyl sites for hydroxylation is 1. The van der Waals surface area contributed by atoms with Gasteiger partial charge in [0.15, 0.2) is 5.65 Å². The Hall–Kier alpha value is -3.02. The second-order valence-corrected chi connectivity index (χ2v) is 6.73. The van der Waals surface area contributed by atoms with E-state index in [2.05, 4.69) is 4.98 Å². The molecule has 0 spiro atoms. The van der Waals surface area contributed by atoms with E-state index in [4.69, 9.17) is 5.10 Å². The molecule has 0 N–H and O–H groups in total. The first-order valence-corrected chi connectivity index (χ1v) is 8.84. The number of pyridine rings is 1. The van der Waals surface area contributed by atoms with Crippen LogP contribution >= 0.6 is 0 Å². The van der Waals surface area contributed by atoms with E-state index >= 15 is 0 Å². The average Bonchev–Trinajstić information content (AvgIpc) is 3.42. The minimum Gasteiger partial charge on any atom is -0.312 e. The van der Waals surface area contributed by atoms with Gasteiger partial charge in [0.05, 0.1) is 16.6 Å². The van der Waals surface area contributed by atoms with Gasteiger partial charge >= 0.3 is 0 Å². The van der Waals surface area contributed by atoms with Gasteiger partial charge in [0.2, 0.25) is 0 Å². The van der Waals surface area contributed by atoms with Crippen LogP contribution in [-0.4, -0.2) is 19.2 Å². The summed E-state index contributed by atoms with van der Waals surface area (Å²) in [5, 5.41) is 5.27. The van der Waals surface area contributed by atoms with Crippen molar-refractivity contribution in [1.29, 1.82) is 0 Å².